The molecule has 1 aromatic carbocycles. The fourth-order valence-corrected chi connectivity index (χ4v) is 2.53. The Labute approximate surface area is 153 Å². The molecule has 0 aliphatic carbocycles. The van der Waals surface area contributed by atoms with Crippen molar-refractivity contribution in [3.63, 3.8) is 0 Å². The van der Waals surface area contributed by atoms with Gasteiger partial charge in [-0.3, -0.25) is 0 Å². The Kier molecular flexibility index (Phi) is 5.11. The van der Waals surface area contributed by atoms with Gasteiger partial charge in [-0.25, -0.2) is 4.79 Å². The van der Waals surface area contributed by atoms with E-state index in [9.17, 15) is 14.9 Å². The lowest BCUT2D eigenvalue weighted by molar-refractivity contribution is -0.389. The molecule has 0 amide bonds. The van der Waals surface area contributed by atoms with E-state index in [1.807, 2.05) is 0 Å². The number of benzene rings is 1. The number of nitro groups is 1. The summed E-state index contributed by atoms with van der Waals surface area (Å²) in [6, 6.07) is 6.51. The van der Waals surface area contributed by atoms with Gasteiger partial charge in [-0.2, -0.15) is 15.0 Å². The summed E-state index contributed by atoms with van der Waals surface area (Å²) < 4.78 is 11.8. The van der Waals surface area contributed by atoms with Crippen molar-refractivity contribution in [2.75, 3.05) is 13.7 Å². The third kappa shape index (κ3) is 3.76. The molecule has 0 bridgehead atoms. The van der Waals surface area contributed by atoms with Crippen molar-refractivity contribution in [1.29, 1.82) is 0 Å². The van der Waals surface area contributed by atoms with E-state index in [1.54, 1.807) is 25.1 Å². The van der Waals surface area contributed by atoms with E-state index < -0.39 is 10.9 Å². The van der Waals surface area contributed by atoms with Crippen LogP contribution in [0.4, 0.5) is 5.82 Å². The molecule has 11 nitrogen and oxygen atoms in total. The zero-order valence-electron chi connectivity index (χ0n) is 14.6. The highest BCUT2D eigenvalue weighted by atomic mass is 16.6. The van der Waals surface area contributed by atoms with Crippen LogP contribution >= 0.6 is 0 Å². The Balaban J connectivity index is 1.95. The molecule has 0 saturated heterocycles. The summed E-state index contributed by atoms with van der Waals surface area (Å²) in [6.07, 6.45) is 1.50. The lowest BCUT2D eigenvalue weighted by Crippen LogP contribution is -2.07. The molecule has 0 spiro atoms. The van der Waals surface area contributed by atoms with Gasteiger partial charge >= 0.3 is 11.8 Å². The first kappa shape index (κ1) is 18.0. The predicted octanol–water partition coefficient (Wildman–Crippen LogP) is 1.81. The first-order valence-corrected chi connectivity index (χ1v) is 7.96. The number of aromatic nitrogens is 5. The van der Waals surface area contributed by atoms with Crippen molar-refractivity contribution in [2.24, 2.45) is 0 Å². The van der Waals surface area contributed by atoms with E-state index in [2.05, 4.69) is 20.5 Å². The molecule has 27 heavy (non-hydrogen) atoms. The van der Waals surface area contributed by atoms with Crippen LogP contribution in [0.1, 0.15) is 23.0 Å². The van der Waals surface area contributed by atoms with Gasteiger partial charge < -0.3 is 19.6 Å². The van der Waals surface area contributed by atoms with Gasteiger partial charge in [-0.05, 0) is 30.0 Å². The number of hydrogen-bond donors (Lipinski definition) is 1. The highest BCUT2D eigenvalue weighted by Gasteiger charge is 2.20. The molecule has 0 aliphatic heterocycles. The summed E-state index contributed by atoms with van der Waals surface area (Å²) in [5, 5.41) is 25.0. The van der Waals surface area contributed by atoms with E-state index >= 15 is 0 Å². The third-order valence-corrected chi connectivity index (χ3v) is 3.72. The maximum absolute atomic E-state index is 12.0. The molecule has 2 heterocycles. The number of esters is 1. The SMILES string of the molecule is CCOC(=O)c1n[nH]nc1-c1ccc(OC)c(Cn2ccc([N+](=O)[O-])n2)c1. The van der Waals surface area contributed by atoms with Crippen molar-refractivity contribution >= 4 is 11.8 Å². The average molecular weight is 372 g/mol. The average Bonchev–Trinajstić information content (AvgIpc) is 3.31. The van der Waals surface area contributed by atoms with Crippen molar-refractivity contribution in [1.82, 2.24) is 25.2 Å². The molecular formula is C16H16N6O5. The molecule has 3 rings (SSSR count). The van der Waals surface area contributed by atoms with E-state index in [-0.39, 0.29) is 24.7 Å². The Bertz CT molecular complexity index is 979. The highest BCUT2D eigenvalue weighted by Crippen LogP contribution is 2.28. The van der Waals surface area contributed by atoms with Gasteiger partial charge in [0.25, 0.3) is 0 Å². The zero-order valence-corrected chi connectivity index (χ0v) is 14.6. The van der Waals surface area contributed by atoms with Gasteiger partial charge in [-0.15, -0.1) is 5.10 Å². The van der Waals surface area contributed by atoms with Crippen molar-refractivity contribution in [2.45, 2.75) is 13.5 Å². The highest BCUT2D eigenvalue weighted by molar-refractivity contribution is 5.94. The van der Waals surface area contributed by atoms with Crippen molar-refractivity contribution < 1.29 is 19.2 Å². The smallest absolute Gasteiger partial charge is 0.389 e. The van der Waals surface area contributed by atoms with Gasteiger partial charge in [0.05, 0.1) is 37.6 Å². The fraction of sp³-hybridized carbons (Fsp3) is 0.250. The molecule has 0 unspecified atom stereocenters. The summed E-state index contributed by atoms with van der Waals surface area (Å²) in [5.41, 5.74) is 1.72. The molecule has 0 fully saturated rings. The molecule has 140 valence electrons. The first-order chi connectivity index (χ1) is 13.0. The molecule has 3 aromatic rings. The molecule has 0 saturated carbocycles. The number of aromatic amines is 1. The van der Waals surface area contributed by atoms with Gasteiger partial charge in [0.1, 0.15) is 11.4 Å². The molecular weight excluding hydrogens is 356 g/mol. The summed E-state index contributed by atoms with van der Waals surface area (Å²) in [7, 11) is 1.52. The van der Waals surface area contributed by atoms with Crippen LogP contribution in [0.2, 0.25) is 0 Å². The fourth-order valence-electron chi connectivity index (χ4n) is 2.53. The van der Waals surface area contributed by atoms with Crippen molar-refractivity contribution in [3.8, 4) is 17.0 Å². The Morgan fingerprint density at radius 2 is 2.15 bits per heavy atom. The summed E-state index contributed by atoms with van der Waals surface area (Å²) in [5.74, 6) is -0.259. The van der Waals surface area contributed by atoms with Crippen LogP contribution in [0.15, 0.2) is 30.5 Å². The molecule has 2 aromatic heterocycles. The number of H-pyrrole nitrogens is 1. The third-order valence-electron chi connectivity index (χ3n) is 3.72. The lowest BCUT2D eigenvalue weighted by atomic mass is 10.1. The molecule has 1 N–H and O–H groups in total. The van der Waals surface area contributed by atoms with E-state index in [1.165, 1.54) is 24.1 Å². The number of nitrogens with one attached hydrogen (secondary N) is 1. The quantitative estimate of drug-likeness (QED) is 0.376. The largest absolute Gasteiger partial charge is 0.496 e. The summed E-state index contributed by atoms with van der Waals surface area (Å²) in [4.78, 5) is 22.3. The number of nitrogens with zero attached hydrogens (tertiary/aromatic N) is 5. The number of carbonyl (C=O) groups excluding carboxylic acids is 1. The molecule has 11 heteroatoms. The lowest BCUT2D eigenvalue weighted by Gasteiger charge is -2.09. The van der Waals surface area contributed by atoms with Gasteiger partial charge in [-0.1, -0.05) is 0 Å². The Morgan fingerprint density at radius 3 is 2.81 bits per heavy atom. The number of carbonyl (C=O) groups is 1. The van der Waals surface area contributed by atoms with Gasteiger partial charge in [0.2, 0.25) is 0 Å². The number of rotatable bonds is 7. The molecule has 0 aliphatic rings. The van der Waals surface area contributed by atoms with Crippen LogP contribution < -0.4 is 4.74 Å². The Hall–Kier alpha value is -3.76. The summed E-state index contributed by atoms with van der Waals surface area (Å²) >= 11 is 0. The minimum atomic E-state index is -0.582. The van der Waals surface area contributed by atoms with Crippen LogP contribution in [0.5, 0.6) is 5.75 Å². The van der Waals surface area contributed by atoms with Crippen LogP contribution in [0, 0.1) is 10.1 Å². The monoisotopic (exact) mass is 372 g/mol. The van der Waals surface area contributed by atoms with Crippen molar-refractivity contribution in [3.05, 3.63) is 51.8 Å². The van der Waals surface area contributed by atoms with Gasteiger partial charge in [0, 0.05) is 11.1 Å². The van der Waals surface area contributed by atoms with Crippen LogP contribution in [-0.2, 0) is 11.3 Å². The minimum Gasteiger partial charge on any atom is -0.496 e. The maximum Gasteiger partial charge on any atom is 0.389 e. The number of methoxy groups -OCH3 is 1. The number of ether oxygens (including phenoxy) is 2. The second kappa shape index (κ2) is 7.64. The van der Waals surface area contributed by atoms with E-state index in [4.69, 9.17) is 9.47 Å². The molecule has 0 radical (unpaired) electrons. The maximum atomic E-state index is 12.0. The second-order valence-electron chi connectivity index (χ2n) is 5.40. The van der Waals surface area contributed by atoms with Gasteiger partial charge in [0.15, 0.2) is 5.69 Å². The second-order valence-corrected chi connectivity index (χ2v) is 5.40. The standard InChI is InChI=1S/C16H16N6O5/c1-3-27-16(23)15-14(17-20-18-15)10-4-5-12(26-2)11(8-10)9-21-7-6-13(19-21)22(24)25/h4-8H,3,9H2,1-2H3,(H,17,18,20). The normalized spacial score (nSPS) is 10.6. The summed E-state index contributed by atoms with van der Waals surface area (Å²) in [6.45, 7) is 2.15. The van der Waals surface area contributed by atoms with E-state index in [0.29, 0.717) is 22.6 Å². The van der Waals surface area contributed by atoms with Crippen LogP contribution in [0.3, 0.4) is 0 Å². The predicted molar refractivity (Wildman–Crippen MR) is 92.3 cm³/mol. The zero-order chi connectivity index (χ0) is 19.4. The van der Waals surface area contributed by atoms with Crippen LogP contribution in [-0.4, -0.2) is 49.8 Å². The first-order valence-electron chi connectivity index (χ1n) is 7.96. The Morgan fingerprint density at radius 1 is 1.33 bits per heavy atom. The van der Waals surface area contributed by atoms with E-state index in [0.717, 1.165) is 0 Å². The topological polar surface area (TPSA) is 138 Å². The molecule has 0 atom stereocenters. The number of hydrogen-bond acceptors (Lipinski definition) is 8. The minimum absolute atomic E-state index is 0.0719. The van der Waals surface area contributed by atoms with Crippen LogP contribution in [0.25, 0.3) is 11.3 Å².